The van der Waals surface area contributed by atoms with Gasteiger partial charge in [-0.3, -0.25) is 14.5 Å². The van der Waals surface area contributed by atoms with Gasteiger partial charge in [0.1, 0.15) is 5.82 Å². The zero-order valence-electron chi connectivity index (χ0n) is 15.1. The molecule has 1 saturated heterocycles. The molecule has 1 aromatic rings. The molecule has 2 rings (SSSR count). The third-order valence-electron chi connectivity index (χ3n) is 4.58. The second kappa shape index (κ2) is 9.51. The Morgan fingerprint density at radius 2 is 1.96 bits per heavy atom. The van der Waals surface area contributed by atoms with Gasteiger partial charge in [0.15, 0.2) is 0 Å². The van der Waals surface area contributed by atoms with Crippen LogP contribution in [0.15, 0.2) is 24.3 Å². The molecular formula is C19H28FN3O2. The van der Waals surface area contributed by atoms with Crippen LogP contribution < -0.4 is 10.6 Å². The first-order valence-electron chi connectivity index (χ1n) is 8.98. The number of halogens is 1. The fourth-order valence-electron chi connectivity index (χ4n) is 3.43. The van der Waals surface area contributed by atoms with Crippen LogP contribution in [-0.2, 0) is 16.0 Å². The second-order valence-electron chi connectivity index (χ2n) is 6.78. The molecule has 1 aromatic carbocycles. The SMILES string of the molecule is CCC[C@H]1CN(CC(=O)NCCc2ccc(F)cc2)C[C@@H]1NC(C)=O. The lowest BCUT2D eigenvalue weighted by atomic mass is 9.98. The van der Waals surface area contributed by atoms with Crippen LogP contribution >= 0.6 is 0 Å². The molecular weight excluding hydrogens is 321 g/mol. The van der Waals surface area contributed by atoms with E-state index in [1.54, 1.807) is 12.1 Å². The number of likely N-dealkylation sites (tertiary alicyclic amines) is 1. The molecule has 0 aliphatic carbocycles. The van der Waals surface area contributed by atoms with Gasteiger partial charge in [0.25, 0.3) is 0 Å². The fraction of sp³-hybridized carbons (Fsp3) is 0.579. The average Bonchev–Trinajstić information content (AvgIpc) is 2.90. The monoisotopic (exact) mass is 349 g/mol. The standard InChI is InChI=1S/C19H28FN3O2/c1-3-4-16-11-23(12-18(16)22-14(2)24)13-19(25)21-10-9-15-5-7-17(20)8-6-15/h5-8,16,18H,3-4,9-13H2,1-2H3,(H,21,25)(H,22,24)/t16-,18-/m0/s1. The minimum atomic E-state index is -0.253. The van der Waals surface area contributed by atoms with Crippen molar-refractivity contribution in [2.45, 2.75) is 39.2 Å². The number of nitrogens with one attached hydrogen (secondary N) is 2. The number of carbonyl (C=O) groups is 2. The molecule has 0 unspecified atom stereocenters. The third kappa shape index (κ3) is 6.46. The Morgan fingerprint density at radius 1 is 1.24 bits per heavy atom. The number of amides is 2. The van der Waals surface area contributed by atoms with Crippen LogP contribution in [0.1, 0.15) is 32.3 Å². The number of rotatable bonds is 8. The number of carbonyl (C=O) groups excluding carboxylic acids is 2. The molecule has 0 saturated carbocycles. The maximum Gasteiger partial charge on any atom is 0.234 e. The Morgan fingerprint density at radius 3 is 2.60 bits per heavy atom. The Balaban J connectivity index is 1.74. The highest BCUT2D eigenvalue weighted by atomic mass is 19.1. The summed E-state index contributed by atoms with van der Waals surface area (Å²) in [6, 6.07) is 6.45. The van der Waals surface area contributed by atoms with Crippen LogP contribution in [0.2, 0.25) is 0 Å². The van der Waals surface area contributed by atoms with E-state index in [4.69, 9.17) is 0 Å². The van der Waals surface area contributed by atoms with Crippen molar-refractivity contribution in [2.24, 2.45) is 5.92 Å². The molecule has 5 nitrogen and oxygen atoms in total. The van der Waals surface area contributed by atoms with Gasteiger partial charge in [-0.25, -0.2) is 4.39 Å². The molecule has 0 spiro atoms. The van der Waals surface area contributed by atoms with Gasteiger partial charge in [0, 0.05) is 32.6 Å². The molecule has 2 N–H and O–H groups in total. The lowest BCUT2D eigenvalue weighted by Crippen LogP contribution is -2.41. The summed E-state index contributed by atoms with van der Waals surface area (Å²) in [5.41, 5.74) is 0.997. The average molecular weight is 349 g/mol. The van der Waals surface area contributed by atoms with Crippen molar-refractivity contribution in [3.05, 3.63) is 35.6 Å². The predicted molar refractivity (Wildman–Crippen MR) is 95.6 cm³/mol. The molecule has 138 valence electrons. The quantitative estimate of drug-likeness (QED) is 0.751. The molecule has 0 aromatic heterocycles. The summed E-state index contributed by atoms with van der Waals surface area (Å²) < 4.78 is 12.9. The first kappa shape index (κ1) is 19.4. The van der Waals surface area contributed by atoms with Crippen molar-refractivity contribution < 1.29 is 14.0 Å². The highest BCUT2D eigenvalue weighted by Crippen LogP contribution is 2.21. The van der Waals surface area contributed by atoms with E-state index in [0.717, 1.165) is 31.5 Å². The Kier molecular flexibility index (Phi) is 7.37. The number of hydrogen-bond acceptors (Lipinski definition) is 3. The lowest BCUT2D eigenvalue weighted by Gasteiger charge is -2.18. The first-order valence-corrected chi connectivity index (χ1v) is 8.98. The molecule has 1 aliphatic rings. The molecule has 1 fully saturated rings. The summed E-state index contributed by atoms with van der Waals surface area (Å²) in [6.07, 6.45) is 2.80. The molecule has 0 radical (unpaired) electrons. The van der Waals surface area contributed by atoms with Gasteiger partial charge in [0.2, 0.25) is 11.8 Å². The summed E-state index contributed by atoms with van der Waals surface area (Å²) in [5, 5.41) is 5.92. The van der Waals surface area contributed by atoms with Gasteiger partial charge in [0.05, 0.1) is 6.54 Å². The van der Waals surface area contributed by atoms with Crippen molar-refractivity contribution in [3.8, 4) is 0 Å². The molecule has 6 heteroatoms. The number of benzene rings is 1. The van der Waals surface area contributed by atoms with Crippen LogP contribution in [-0.4, -0.2) is 48.9 Å². The number of hydrogen-bond donors (Lipinski definition) is 2. The minimum Gasteiger partial charge on any atom is -0.355 e. The van der Waals surface area contributed by atoms with Crippen LogP contribution in [0.4, 0.5) is 4.39 Å². The zero-order chi connectivity index (χ0) is 18.2. The van der Waals surface area contributed by atoms with Crippen molar-refractivity contribution in [3.63, 3.8) is 0 Å². The van der Waals surface area contributed by atoms with Gasteiger partial charge < -0.3 is 10.6 Å². The molecule has 1 heterocycles. The molecule has 2 amide bonds. The topological polar surface area (TPSA) is 61.4 Å². The van der Waals surface area contributed by atoms with E-state index in [2.05, 4.69) is 22.5 Å². The van der Waals surface area contributed by atoms with Crippen LogP contribution in [0.25, 0.3) is 0 Å². The maximum absolute atomic E-state index is 12.9. The maximum atomic E-state index is 12.9. The van der Waals surface area contributed by atoms with Crippen LogP contribution in [0.3, 0.4) is 0 Å². The van der Waals surface area contributed by atoms with E-state index in [0.29, 0.717) is 25.4 Å². The Hall–Kier alpha value is -1.95. The van der Waals surface area contributed by atoms with Crippen molar-refractivity contribution in [1.82, 2.24) is 15.5 Å². The highest BCUT2D eigenvalue weighted by Gasteiger charge is 2.33. The van der Waals surface area contributed by atoms with E-state index in [1.807, 2.05) is 0 Å². The Bertz CT molecular complexity index is 577. The summed E-state index contributed by atoms with van der Waals surface area (Å²) in [5.74, 6) is 0.121. The van der Waals surface area contributed by atoms with E-state index in [9.17, 15) is 14.0 Å². The fourth-order valence-corrected chi connectivity index (χ4v) is 3.43. The molecule has 2 atom stereocenters. The predicted octanol–water partition coefficient (Wildman–Crippen LogP) is 1.72. The summed E-state index contributed by atoms with van der Waals surface area (Å²) in [6.45, 7) is 6.11. The molecule has 0 bridgehead atoms. The second-order valence-corrected chi connectivity index (χ2v) is 6.78. The van der Waals surface area contributed by atoms with Gasteiger partial charge in [-0.1, -0.05) is 25.5 Å². The summed E-state index contributed by atoms with van der Waals surface area (Å²) >= 11 is 0. The first-order chi connectivity index (χ1) is 12.0. The summed E-state index contributed by atoms with van der Waals surface area (Å²) in [7, 11) is 0. The van der Waals surface area contributed by atoms with E-state index in [-0.39, 0.29) is 23.7 Å². The smallest absolute Gasteiger partial charge is 0.234 e. The van der Waals surface area contributed by atoms with Crippen molar-refractivity contribution >= 4 is 11.8 Å². The van der Waals surface area contributed by atoms with Crippen molar-refractivity contribution in [1.29, 1.82) is 0 Å². The number of nitrogens with zero attached hydrogens (tertiary/aromatic N) is 1. The molecule has 25 heavy (non-hydrogen) atoms. The van der Waals surface area contributed by atoms with E-state index >= 15 is 0 Å². The summed E-state index contributed by atoms with van der Waals surface area (Å²) in [4.78, 5) is 25.6. The van der Waals surface area contributed by atoms with E-state index in [1.165, 1.54) is 19.1 Å². The lowest BCUT2D eigenvalue weighted by molar-refractivity contribution is -0.122. The normalized spacial score (nSPS) is 20.4. The van der Waals surface area contributed by atoms with Gasteiger partial charge in [-0.05, 0) is 36.5 Å². The van der Waals surface area contributed by atoms with Gasteiger partial charge >= 0.3 is 0 Å². The van der Waals surface area contributed by atoms with Crippen LogP contribution in [0, 0.1) is 11.7 Å². The van der Waals surface area contributed by atoms with E-state index < -0.39 is 0 Å². The van der Waals surface area contributed by atoms with Gasteiger partial charge in [-0.2, -0.15) is 0 Å². The largest absolute Gasteiger partial charge is 0.355 e. The third-order valence-corrected chi connectivity index (χ3v) is 4.58. The van der Waals surface area contributed by atoms with Crippen LogP contribution in [0.5, 0.6) is 0 Å². The zero-order valence-corrected chi connectivity index (χ0v) is 15.1. The molecule has 1 aliphatic heterocycles. The van der Waals surface area contributed by atoms with Gasteiger partial charge in [-0.15, -0.1) is 0 Å². The van der Waals surface area contributed by atoms with Crippen molar-refractivity contribution in [2.75, 3.05) is 26.2 Å². The highest BCUT2D eigenvalue weighted by molar-refractivity contribution is 5.78. The minimum absolute atomic E-state index is 0.0131. The Labute approximate surface area is 149 Å².